The third-order valence-corrected chi connectivity index (χ3v) is 6.15. The Labute approximate surface area is 194 Å². The molecule has 0 saturated carbocycles. The number of fused-ring (bicyclic) bond motifs is 3. The highest BCUT2D eigenvalue weighted by Crippen LogP contribution is 2.39. The number of hydrogen-bond donors (Lipinski definition) is 3. The molecule has 2 aromatic heterocycles. The number of nitrogens with zero attached hydrogens (tertiary/aromatic N) is 4. The van der Waals surface area contributed by atoms with E-state index in [0.717, 1.165) is 25.0 Å². The second kappa shape index (κ2) is 8.43. The largest absolute Gasteiger partial charge is 0.424 e. The van der Waals surface area contributed by atoms with Crippen LogP contribution in [0.5, 0.6) is 11.8 Å². The Morgan fingerprint density at radius 1 is 1.21 bits per heavy atom. The Bertz CT molecular complexity index is 1450. The lowest BCUT2D eigenvalue weighted by Gasteiger charge is -2.37. The molecule has 2 atom stereocenters. The van der Waals surface area contributed by atoms with Crippen LogP contribution in [0.1, 0.15) is 25.3 Å². The molecule has 1 aliphatic heterocycles. The van der Waals surface area contributed by atoms with E-state index >= 15 is 0 Å². The van der Waals surface area contributed by atoms with Crippen molar-refractivity contribution in [2.24, 2.45) is 5.73 Å². The topological polar surface area (TPSA) is 116 Å². The van der Waals surface area contributed by atoms with Crippen molar-refractivity contribution in [1.82, 2.24) is 15.0 Å². The fraction of sp³-hybridized carbons (Fsp3) is 0.292. The zero-order valence-corrected chi connectivity index (χ0v) is 18.7. The van der Waals surface area contributed by atoms with E-state index in [2.05, 4.69) is 32.1 Å². The van der Waals surface area contributed by atoms with Crippen LogP contribution in [0.25, 0.3) is 21.9 Å². The second-order valence-electron chi connectivity index (χ2n) is 8.52. The molecule has 2 aromatic carbocycles. The summed E-state index contributed by atoms with van der Waals surface area (Å²) in [6.07, 6.45) is 1.55. The van der Waals surface area contributed by atoms with Gasteiger partial charge in [0.05, 0.1) is 28.2 Å². The molecule has 1 aliphatic rings. The summed E-state index contributed by atoms with van der Waals surface area (Å²) in [4.78, 5) is 14.5. The molecule has 0 spiro atoms. The molecule has 4 N–H and O–H groups in total. The highest BCUT2D eigenvalue weighted by molar-refractivity contribution is 6.14. The van der Waals surface area contributed by atoms with Gasteiger partial charge in [0, 0.05) is 37.1 Å². The number of benzene rings is 2. The minimum absolute atomic E-state index is 0.0166. The van der Waals surface area contributed by atoms with Crippen LogP contribution in [-0.4, -0.2) is 40.6 Å². The molecule has 0 unspecified atom stereocenters. The first kappa shape index (κ1) is 21.9. The summed E-state index contributed by atoms with van der Waals surface area (Å²) in [5, 5.41) is 13.5. The lowest BCUT2D eigenvalue weighted by molar-refractivity contribution is 0.419. The van der Waals surface area contributed by atoms with Crippen LogP contribution in [0.15, 0.2) is 30.3 Å². The van der Waals surface area contributed by atoms with E-state index in [1.807, 2.05) is 6.07 Å². The fourth-order valence-electron chi connectivity index (χ4n) is 4.59. The molecule has 0 amide bonds. The maximum Gasteiger partial charge on any atom is 0.325 e. The summed E-state index contributed by atoms with van der Waals surface area (Å²) >= 11 is 0. The number of piperidine rings is 1. The number of hydrogen-bond acceptors (Lipinski definition) is 7. The summed E-state index contributed by atoms with van der Waals surface area (Å²) in [7, 11) is 1.71. The number of nitrogens with two attached hydrogens (primary N) is 1. The Hall–Kier alpha value is -3.97. The van der Waals surface area contributed by atoms with Crippen molar-refractivity contribution < 1.29 is 13.5 Å². The third-order valence-electron chi connectivity index (χ3n) is 6.15. The monoisotopic (exact) mass is 463 g/mol. The van der Waals surface area contributed by atoms with Crippen LogP contribution in [0.3, 0.4) is 0 Å². The molecule has 1 fully saturated rings. The molecule has 10 heteroatoms. The molecular formula is C24H23F2N7O. The Kier molecular flexibility index (Phi) is 5.42. The van der Waals surface area contributed by atoms with Crippen molar-refractivity contribution in [2.45, 2.75) is 31.8 Å². The van der Waals surface area contributed by atoms with Crippen LogP contribution < -0.4 is 20.7 Å². The highest BCUT2D eigenvalue weighted by Gasteiger charge is 2.28. The smallest absolute Gasteiger partial charge is 0.325 e. The molecule has 1 saturated heterocycles. The van der Waals surface area contributed by atoms with Crippen molar-refractivity contribution in [2.75, 3.05) is 23.8 Å². The van der Waals surface area contributed by atoms with Gasteiger partial charge in [0.1, 0.15) is 28.8 Å². The van der Waals surface area contributed by atoms with Crippen LogP contribution >= 0.6 is 0 Å². The Morgan fingerprint density at radius 3 is 2.74 bits per heavy atom. The Balaban J connectivity index is 1.72. The van der Waals surface area contributed by atoms with Crippen LogP contribution in [0.4, 0.5) is 20.3 Å². The standard InChI is InChI=1S/C24H23F2N7O/c1-12-5-16(28)3-4-33(12)23-20-18-9-15(26)10-19(29-2)21(18)30-22(20)31-24(32-23)34-17-7-13(11-27)6-14(25)8-17/h6-10,12,16,29H,3-5,28H2,1-2H3,(H,30,31,32)/t12-,16+/m1/s1. The average Bonchev–Trinajstić information content (AvgIpc) is 3.16. The Morgan fingerprint density at radius 2 is 2.00 bits per heavy atom. The number of ether oxygens (including phenoxy) is 1. The quantitative estimate of drug-likeness (QED) is 0.410. The van der Waals surface area contributed by atoms with Crippen LogP contribution in [0.2, 0.25) is 0 Å². The number of halogens is 2. The molecule has 4 aromatic rings. The minimum Gasteiger partial charge on any atom is -0.424 e. The number of anilines is 2. The van der Waals surface area contributed by atoms with Crippen molar-refractivity contribution in [1.29, 1.82) is 5.26 Å². The molecule has 5 rings (SSSR count). The number of nitriles is 1. The predicted molar refractivity (Wildman–Crippen MR) is 126 cm³/mol. The first-order valence-corrected chi connectivity index (χ1v) is 11.0. The SMILES string of the molecule is CNc1cc(F)cc2c1[nH]c1nc(Oc3cc(F)cc(C#N)c3)nc(N3CC[C@H](N)C[C@H]3C)c12. The van der Waals surface area contributed by atoms with Gasteiger partial charge in [0.15, 0.2) is 0 Å². The van der Waals surface area contributed by atoms with Gasteiger partial charge in [-0.05, 0) is 44.0 Å². The molecular weight excluding hydrogens is 440 g/mol. The van der Waals surface area contributed by atoms with Gasteiger partial charge in [-0.2, -0.15) is 15.2 Å². The number of rotatable bonds is 4. The van der Waals surface area contributed by atoms with Crippen LogP contribution in [-0.2, 0) is 0 Å². The van der Waals surface area contributed by atoms with E-state index in [-0.39, 0.29) is 35.2 Å². The van der Waals surface area contributed by atoms with E-state index in [1.165, 1.54) is 18.2 Å². The number of aromatic nitrogens is 3. The number of H-pyrrole nitrogens is 1. The second-order valence-corrected chi connectivity index (χ2v) is 8.52. The van der Waals surface area contributed by atoms with E-state index in [1.54, 1.807) is 7.05 Å². The first-order chi connectivity index (χ1) is 16.4. The van der Waals surface area contributed by atoms with E-state index in [0.29, 0.717) is 40.0 Å². The van der Waals surface area contributed by atoms with Gasteiger partial charge in [-0.1, -0.05) is 0 Å². The van der Waals surface area contributed by atoms with E-state index in [9.17, 15) is 8.78 Å². The molecule has 3 heterocycles. The predicted octanol–water partition coefficient (Wildman–Crippen LogP) is 4.41. The van der Waals surface area contributed by atoms with E-state index < -0.39 is 5.82 Å². The van der Waals surface area contributed by atoms with Gasteiger partial charge >= 0.3 is 6.01 Å². The summed E-state index contributed by atoms with van der Waals surface area (Å²) in [5.41, 5.74) is 8.01. The van der Waals surface area contributed by atoms with Gasteiger partial charge in [-0.25, -0.2) is 8.78 Å². The molecule has 34 heavy (non-hydrogen) atoms. The summed E-state index contributed by atoms with van der Waals surface area (Å²) < 4.78 is 34.2. The van der Waals surface area contributed by atoms with Crippen molar-refractivity contribution in [3.63, 3.8) is 0 Å². The van der Waals surface area contributed by atoms with Gasteiger partial charge in [0.25, 0.3) is 0 Å². The third kappa shape index (κ3) is 3.84. The highest BCUT2D eigenvalue weighted by atomic mass is 19.1. The number of nitrogens with one attached hydrogen (secondary N) is 2. The summed E-state index contributed by atoms with van der Waals surface area (Å²) in [6.45, 7) is 2.72. The minimum atomic E-state index is -0.603. The van der Waals surface area contributed by atoms with Crippen molar-refractivity contribution in [3.8, 4) is 17.8 Å². The van der Waals surface area contributed by atoms with Gasteiger partial charge in [0.2, 0.25) is 0 Å². The van der Waals surface area contributed by atoms with Crippen molar-refractivity contribution in [3.05, 3.63) is 47.5 Å². The van der Waals surface area contributed by atoms with E-state index in [4.69, 9.17) is 15.7 Å². The maximum absolute atomic E-state index is 14.5. The normalized spacial score (nSPS) is 18.3. The molecule has 8 nitrogen and oxygen atoms in total. The number of aromatic amines is 1. The summed E-state index contributed by atoms with van der Waals surface area (Å²) in [5.74, 6) is -0.306. The lowest BCUT2D eigenvalue weighted by atomic mass is 9.98. The fourth-order valence-corrected chi connectivity index (χ4v) is 4.59. The maximum atomic E-state index is 14.5. The molecule has 0 aliphatic carbocycles. The first-order valence-electron chi connectivity index (χ1n) is 11.0. The van der Waals surface area contributed by atoms with Gasteiger partial charge in [-0.3, -0.25) is 0 Å². The zero-order chi connectivity index (χ0) is 24.0. The molecule has 174 valence electrons. The lowest BCUT2D eigenvalue weighted by Crippen LogP contribution is -2.46. The van der Waals surface area contributed by atoms with Gasteiger partial charge in [-0.15, -0.1) is 0 Å². The molecule has 0 bridgehead atoms. The average molecular weight is 463 g/mol. The zero-order valence-electron chi connectivity index (χ0n) is 18.7. The van der Waals surface area contributed by atoms with Gasteiger partial charge < -0.3 is 25.7 Å². The summed E-state index contributed by atoms with van der Waals surface area (Å²) in [6, 6.07) is 8.61. The van der Waals surface area contributed by atoms with Crippen LogP contribution in [0, 0.1) is 23.0 Å². The molecule has 0 radical (unpaired) electrons. The van der Waals surface area contributed by atoms with Crippen molar-refractivity contribution >= 4 is 33.4 Å².